The number of carbonyl (C=O) groups excluding carboxylic acids is 1. The molecule has 0 atom stereocenters. The molecular weight excluding hydrogens is 327 g/mol. The van der Waals surface area contributed by atoms with E-state index in [2.05, 4.69) is 0 Å². The van der Waals surface area contributed by atoms with Crippen LogP contribution in [-0.2, 0) is 4.79 Å². The SMILES string of the molecule is O=C(C(=Cc1ccc(F)cc1)c1ccccc1)C1SCCCS1. The zero-order valence-electron chi connectivity index (χ0n) is 12.6. The Morgan fingerprint density at radius 1 is 1.00 bits per heavy atom. The lowest BCUT2D eigenvalue weighted by molar-refractivity contribution is -0.112. The maximum absolute atomic E-state index is 13.1. The zero-order chi connectivity index (χ0) is 16.1. The van der Waals surface area contributed by atoms with Crippen LogP contribution < -0.4 is 0 Å². The van der Waals surface area contributed by atoms with E-state index < -0.39 is 0 Å². The highest BCUT2D eigenvalue weighted by atomic mass is 32.2. The van der Waals surface area contributed by atoms with Crippen LogP contribution in [0.3, 0.4) is 0 Å². The molecule has 0 bridgehead atoms. The number of allylic oxidation sites excluding steroid dienone is 1. The fourth-order valence-electron chi connectivity index (χ4n) is 2.41. The van der Waals surface area contributed by atoms with Crippen LogP contribution in [0.4, 0.5) is 4.39 Å². The van der Waals surface area contributed by atoms with E-state index in [4.69, 9.17) is 0 Å². The van der Waals surface area contributed by atoms with E-state index in [0.29, 0.717) is 5.57 Å². The zero-order valence-corrected chi connectivity index (χ0v) is 14.2. The van der Waals surface area contributed by atoms with E-state index in [1.807, 2.05) is 36.4 Å². The highest BCUT2D eigenvalue weighted by molar-refractivity contribution is 8.18. The molecule has 4 heteroatoms. The van der Waals surface area contributed by atoms with Gasteiger partial charge in [-0.2, -0.15) is 0 Å². The van der Waals surface area contributed by atoms with E-state index in [-0.39, 0.29) is 16.2 Å². The highest BCUT2D eigenvalue weighted by Gasteiger charge is 2.26. The van der Waals surface area contributed by atoms with Crippen LogP contribution in [0, 0.1) is 5.82 Å². The van der Waals surface area contributed by atoms with E-state index >= 15 is 0 Å². The van der Waals surface area contributed by atoms with Crippen LogP contribution in [0.1, 0.15) is 17.5 Å². The first-order valence-corrected chi connectivity index (χ1v) is 9.64. The number of Topliss-reactive ketones (excluding diaryl/α,β-unsaturated/α-hetero) is 1. The van der Waals surface area contributed by atoms with Crippen molar-refractivity contribution in [1.29, 1.82) is 0 Å². The standard InChI is InChI=1S/C19H17FOS2/c20-16-9-7-14(8-10-16)13-17(15-5-2-1-3-6-15)18(21)19-22-11-4-12-23-19/h1-3,5-10,13,19H,4,11-12H2. The third-order valence-corrected chi connectivity index (χ3v) is 6.47. The van der Waals surface area contributed by atoms with Crippen LogP contribution in [0.5, 0.6) is 0 Å². The number of thioether (sulfide) groups is 2. The van der Waals surface area contributed by atoms with Crippen molar-refractivity contribution < 1.29 is 9.18 Å². The molecule has 2 aromatic rings. The Bertz CT molecular complexity index is 689. The van der Waals surface area contributed by atoms with Crippen LogP contribution in [0.2, 0.25) is 0 Å². The number of benzene rings is 2. The van der Waals surface area contributed by atoms with Crippen molar-refractivity contribution in [2.75, 3.05) is 11.5 Å². The van der Waals surface area contributed by atoms with Gasteiger partial charge in [0.25, 0.3) is 0 Å². The van der Waals surface area contributed by atoms with Gasteiger partial charge in [0.05, 0.1) is 0 Å². The summed E-state index contributed by atoms with van der Waals surface area (Å²) in [4.78, 5) is 13.0. The van der Waals surface area contributed by atoms with Gasteiger partial charge in [-0.15, -0.1) is 23.5 Å². The molecule has 0 aromatic heterocycles. The summed E-state index contributed by atoms with van der Waals surface area (Å²) in [6.45, 7) is 0. The normalized spacial score (nSPS) is 16.3. The van der Waals surface area contributed by atoms with Crippen molar-refractivity contribution in [3.05, 3.63) is 71.5 Å². The summed E-state index contributed by atoms with van der Waals surface area (Å²) >= 11 is 3.44. The summed E-state index contributed by atoms with van der Waals surface area (Å²) in [7, 11) is 0. The molecule has 0 radical (unpaired) electrons. The summed E-state index contributed by atoms with van der Waals surface area (Å²) in [5.74, 6) is 1.94. The van der Waals surface area contributed by atoms with Crippen LogP contribution >= 0.6 is 23.5 Å². The van der Waals surface area contributed by atoms with Gasteiger partial charge in [-0.05, 0) is 47.3 Å². The first-order valence-electron chi connectivity index (χ1n) is 7.54. The lowest BCUT2D eigenvalue weighted by Crippen LogP contribution is -2.19. The third kappa shape index (κ3) is 4.27. The predicted molar refractivity (Wildman–Crippen MR) is 99.0 cm³/mol. The van der Waals surface area contributed by atoms with E-state index in [1.54, 1.807) is 35.7 Å². The van der Waals surface area contributed by atoms with Gasteiger partial charge < -0.3 is 0 Å². The number of rotatable bonds is 4. The molecule has 0 spiro atoms. The monoisotopic (exact) mass is 344 g/mol. The molecule has 118 valence electrons. The molecular formula is C19H17FOS2. The predicted octanol–water partition coefficient (Wildman–Crippen LogP) is 5.13. The van der Waals surface area contributed by atoms with Gasteiger partial charge in [-0.1, -0.05) is 42.5 Å². The summed E-state index contributed by atoms with van der Waals surface area (Å²) < 4.78 is 13.1. The molecule has 0 N–H and O–H groups in total. The fraction of sp³-hybridized carbons (Fsp3) is 0.211. The van der Waals surface area contributed by atoms with Crippen molar-refractivity contribution in [2.45, 2.75) is 11.0 Å². The van der Waals surface area contributed by atoms with Gasteiger partial charge in [-0.25, -0.2) is 4.39 Å². The molecule has 1 saturated heterocycles. The van der Waals surface area contributed by atoms with Crippen molar-refractivity contribution in [3.8, 4) is 0 Å². The molecule has 1 aliphatic heterocycles. The summed E-state index contributed by atoms with van der Waals surface area (Å²) in [5.41, 5.74) is 2.45. The number of halogens is 1. The van der Waals surface area contributed by atoms with Gasteiger partial charge in [-0.3, -0.25) is 4.79 Å². The van der Waals surface area contributed by atoms with Crippen LogP contribution in [0.15, 0.2) is 54.6 Å². The molecule has 1 nitrogen and oxygen atoms in total. The van der Waals surface area contributed by atoms with E-state index in [1.165, 1.54) is 12.1 Å². The lowest BCUT2D eigenvalue weighted by atomic mass is 9.99. The Hall–Kier alpha value is -1.52. The molecule has 2 aromatic carbocycles. The Morgan fingerprint density at radius 2 is 1.65 bits per heavy atom. The molecule has 0 amide bonds. The molecule has 0 saturated carbocycles. The minimum atomic E-state index is -0.270. The lowest BCUT2D eigenvalue weighted by Gasteiger charge is -2.21. The maximum Gasteiger partial charge on any atom is 0.186 e. The van der Waals surface area contributed by atoms with Gasteiger partial charge in [0.15, 0.2) is 5.78 Å². The van der Waals surface area contributed by atoms with Crippen LogP contribution in [-0.4, -0.2) is 21.9 Å². The van der Waals surface area contributed by atoms with E-state index in [9.17, 15) is 9.18 Å². The summed E-state index contributed by atoms with van der Waals surface area (Å²) in [6, 6.07) is 15.9. The second kappa shape index (κ2) is 7.84. The minimum Gasteiger partial charge on any atom is -0.292 e. The Morgan fingerprint density at radius 3 is 2.30 bits per heavy atom. The van der Waals surface area contributed by atoms with Crippen molar-refractivity contribution in [3.63, 3.8) is 0 Å². The molecule has 23 heavy (non-hydrogen) atoms. The average Bonchev–Trinajstić information content (AvgIpc) is 2.62. The minimum absolute atomic E-state index is 0.0457. The second-order valence-electron chi connectivity index (χ2n) is 5.27. The second-order valence-corrected chi connectivity index (χ2v) is 7.99. The quantitative estimate of drug-likeness (QED) is 0.565. The fourth-order valence-corrected chi connectivity index (χ4v) is 5.16. The van der Waals surface area contributed by atoms with Crippen molar-refractivity contribution in [1.82, 2.24) is 0 Å². The first-order chi connectivity index (χ1) is 11.2. The Balaban J connectivity index is 1.96. The van der Waals surface area contributed by atoms with Gasteiger partial charge in [0.1, 0.15) is 10.4 Å². The number of carbonyl (C=O) groups is 1. The number of hydrogen-bond donors (Lipinski definition) is 0. The topological polar surface area (TPSA) is 17.1 Å². The highest BCUT2D eigenvalue weighted by Crippen LogP contribution is 2.35. The number of hydrogen-bond acceptors (Lipinski definition) is 3. The summed E-state index contributed by atoms with van der Waals surface area (Å²) in [5, 5.41) is 0. The Kier molecular flexibility index (Phi) is 5.57. The molecule has 0 unspecified atom stereocenters. The van der Waals surface area contributed by atoms with E-state index in [0.717, 1.165) is 29.1 Å². The van der Waals surface area contributed by atoms with Crippen molar-refractivity contribution >= 4 is 41.0 Å². The number of ketones is 1. The van der Waals surface area contributed by atoms with Crippen molar-refractivity contribution in [2.24, 2.45) is 0 Å². The molecule has 3 rings (SSSR count). The first kappa shape index (κ1) is 16.3. The van der Waals surface area contributed by atoms with Gasteiger partial charge in [0.2, 0.25) is 0 Å². The van der Waals surface area contributed by atoms with Gasteiger partial charge >= 0.3 is 0 Å². The third-order valence-electron chi connectivity index (χ3n) is 3.57. The molecule has 1 fully saturated rings. The average molecular weight is 344 g/mol. The van der Waals surface area contributed by atoms with Gasteiger partial charge in [0, 0.05) is 5.57 Å². The molecule has 1 heterocycles. The van der Waals surface area contributed by atoms with Crippen LogP contribution in [0.25, 0.3) is 11.6 Å². The Labute approximate surface area is 144 Å². The maximum atomic E-state index is 13.1. The molecule has 0 aliphatic carbocycles. The smallest absolute Gasteiger partial charge is 0.186 e. The molecule has 1 aliphatic rings. The largest absolute Gasteiger partial charge is 0.292 e. The summed E-state index contributed by atoms with van der Waals surface area (Å²) in [6.07, 6.45) is 3.02.